The van der Waals surface area contributed by atoms with Crippen LogP contribution in [0.15, 0.2) is 65.9 Å². The van der Waals surface area contributed by atoms with E-state index < -0.39 is 36.0 Å². The highest BCUT2D eigenvalue weighted by atomic mass is 16.5. The van der Waals surface area contributed by atoms with Gasteiger partial charge in [-0.15, -0.1) is 0 Å². The molecule has 0 radical (unpaired) electrons. The Labute approximate surface area is 277 Å². The molecule has 2 aromatic rings. The van der Waals surface area contributed by atoms with Crippen molar-refractivity contribution in [1.82, 2.24) is 32.4 Å². The number of hydrogen-bond donors (Lipinski definition) is 7. The fourth-order valence-corrected chi connectivity index (χ4v) is 4.31. The first-order valence-corrected chi connectivity index (χ1v) is 15.4. The number of hydrogen-bond acceptors (Lipinski definition) is 8. The predicted molar refractivity (Wildman–Crippen MR) is 183 cm³/mol. The maximum Gasteiger partial charge on any atom is 0.408 e. The molecular weight excluding hydrogens is 602 g/mol. The Balaban J connectivity index is 0.0000110. The van der Waals surface area contributed by atoms with Gasteiger partial charge in [0.15, 0.2) is 5.96 Å². The number of ether oxygens (including phenoxy) is 1. The van der Waals surface area contributed by atoms with E-state index >= 15 is 0 Å². The SMILES string of the molecule is CC(C)CC(NC(=O)C(CCCN=C(N)N)NC(=O)OCc1ccccc1)C(=O)NC(CNC(=O)/C=C/c1ccncc1)C(C)C.N. The summed E-state index contributed by atoms with van der Waals surface area (Å²) in [6.45, 7) is 8.20. The largest absolute Gasteiger partial charge is 0.445 e. The van der Waals surface area contributed by atoms with E-state index in [1.807, 2.05) is 58.0 Å². The summed E-state index contributed by atoms with van der Waals surface area (Å²) in [5.74, 6) is -1.28. The highest BCUT2D eigenvalue weighted by molar-refractivity contribution is 5.92. The summed E-state index contributed by atoms with van der Waals surface area (Å²) < 4.78 is 5.32. The van der Waals surface area contributed by atoms with Crippen LogP contribution in [0.1, 0.15) is 58.1 Å². The average molecular weight is 654 g/mol. The molecule has 47 heavy (non-hydrogen) atoms. The second kappa shape index (κ2) is 21.7. The number of aromatic nitrogens is 1. The van der Waals surface area contributed by atoms with E-state index in [0.717, 1.165) is 11.1 Å². The smallest absolute Gasteiger partial charge is 0.408 e. The molecule has 1 heterocycles. The Morgan fingerprint density at radius 1 is 0.915 bits per heavy atom. The Morgan fingerprint density at radius 2 is 1.57 bits per heavy atom. The molecule has 11 N–H and O–H groups in total. The minimum atomic E-state index is -1.01. The zero-order valence-corrected chi connectivity index (χ0v) is 27.8. The second-order valence-corrected chi connectivity index (χ2v) is 11.6. The summed E-state index contributed by atoms with van der Waals surface area (Å²) in [6, 6.07) is 10.4. The molecule has 3 atom stereocenters. The molecule has 258 valence electrons. The first kappa shape index (κ1) is 40.0. The second-order valence-electron chi connectivity index (χ2n) is 11.6. The van der Waals surface area contributed by atoms with Crippen molar-refractivity contribution < 1.29 is 23.9 Å². The number of carbonyl (C=O) groups is 4. The third kappa shape index (κ3) is 16.8. The van der Waals surface area contributed by atoms with Crippen molar-refractivity contribution in [1.29, 1.82) is 0 Å². The van der Waals surface area contributed by atoms with E-state index in [1.54, 1.807) is 30.6 Å². The molecule has 14 nitrogen and oxygen atoms in total. The van der Waals surface area contributed by atoms with Gasteiger partial charge in [-0.25, -0.2) is 4.79 Å². The molecule has 0 spiro atoms. The van der Waals surface area contributed by atoms with Gasteiger partial charge in [0.05, 0.1) is 0 Å². The number of nitrogens with zero attached hydrogens (tertiary/aromatic N) is 2. The lowest BCUT2D eigenvalue weighted by molar-refractivity contribution is -0.131. The Bertz CT molecular complexity index is 1300. The van der Waals surface area contributed by atoms with Gasteiger partial charge in [0, 0.05) is 37.6 Å². The standard InChI is InChI=1S/C33H48N8O5.H3N/c1-22(2)19-27(31(44)40-28(23(3)4)20-38-29(42)13-12-24-14-17-36-18-15-24)39-30(43)26(11-8-16-37-32(34)35)41-33(45)46-21-25-9-6-5-7-10-25;/h5-7,9-10,12-15,17-18,22-23,26-28H,8,11,16,19-21H2,1-4H3,(H,38,42)(H,39,43)(H,40,44)(H,41,45)(H4,34,35,37);1H3/b13-12+;. The van der Waals surface area contributed by atoms with Crippen LogP contribution in [-0.2, 0) is 25.7 Å². The average Bonchev–Trinajstić information content (AvgIpc) is 3.02. The normalized spacial score (nSPS) is 12.7. The molecule has 0 aliphatic carbocycles. The number of nitrogens with one attached hydrogen (secondary N) is 4. The van der Waals surface area contributed by atoms with Crippen molar-refractivity contribution in [2.75, 3.05) is 13.1 Å². The Hall–Kier alpha value is -4.98. The van der Waals surface area contributed by atoms with Crippen molar-refractivity contribution in [3.63, 3.8) is 0 Å². The quantitative estimate of drug-likeness (QED) is 0.0540. The van der Waals surface area contributed by atoms with Gasteiger partial charge < -0.3 is 43.6 Å². The van der Waals surface area contributed by atoms with Crippen LogP contribution in [-0.4, -0.2) is 66.0 Å². The van der Waals surface area contributed by atoms with Gasteiger partial charge in [0.2, 0.25) is 17.7 Å². The zero-order valence-electron chi connectivity index (χ0n) is 27.8. The zero-order chi connectivity index (χ0) is 33.9. The van der Waals surface area contributed by atoms with Gasteiger partial charge in [-0.2, -0.15) is 0 Å². The van der Waals surface area contributed by atoms with Crippen LogP contribution in [0, 0.1) is 11.8 Å². The molecule has 2 rings (SSSR count). The molecule has 0 saturated heterocycles. The van der Waals surface area contributed by atoms with Gasteiger partial charge in [0.25, 0.3) is 0 Å². The van der Waals surface area contributed by atoms with E-state index in [-0.39, 0.29) is 56.0 Å². The number of benzene rings is 1. The molecule has 0 aliphatic rings. The monoisotopic (exact) mass is 653 g/mol. The number of rotatable bonds is 18. The van der Waals surface area contributed by atoms with Crippen molar-refractivity contribution in [2.24, 2.45) is 28.3 Å². The molecule has 4 amide bonds. The Kier molecular flexibility index (Phi) is 18.5. The molecule has 1 aromatic carbocycles. The van der Waals surface area contributed by atoms with Crippen LogP contribution in [0.2, 0.25) is 0 Å². The Morgan fingerprint density at radius 3 is 2.19 bits per heavy atom. The third-order valence-electron chi connectivity index (χ3n) is 6.87. The summed E-state index contributed by atoms with van der Waals surface area (Å²) in [7, 11) is 0. The van der Waals surface area contributed by atoms with E-state index in [9.17, 15) is 19.2 Å². The molecule has 0 aliphatic heterocycles. The van der Waals surface area contributed by atoms with Crippen molar-refractivity contribution >= 4 is 35.9 Å². The lowest BCUT2D eigenvalue weighted by Gasteiger charge is -2.28. The number of guanidine groups is 1. The summed E-state index contributed by atoms with van der Waals surface area (Å²) in [5.41, 5.74) is 12.5. The van der Waals surface area contributed by atoms with Crippen molar-refractivity contribution in [3.8, 4) is 0 Å². The van der Waals surface area contributed by atoms with Crippen LogP contribution in [0.4, 0.5) is 4.79 Å². The number of amides is 4. The van der Waals surface area contributed by atoms with E-state index in [0.29, 0.717) is 12.8 Å². The fraction of sp³-hybridized carbons (Fsp3) is 0.455. The summed E-state index contributed by atoms with van der Waals surface area (Å²) >= 11 is 0. The van der Waals surface area contributed by atoms with Crippen LogP contribution in [0.3, 0.4) is 0 Å². The summed E-state index contributed by atoms with van der Waals surface area (Å²) in [5, 5.41) is 11.2. The number of alkyl carbamates (subject to hydrolysis) is 1. The highest BCUT2D eigenvalue weighted by Gasteiger charge is 2.29. The van der Waals surface area contributed by atoms with Crippen molar-refractivity contribution in [3.05, 3.63) is 72.1 Å². The third-order valence-corrected chi connectivity index (χ3v) is 6.87. The van der Waals surface area contributed by atoms with Crippen LogP contribution < -0.4 is 38.9 Å². The lowest BCUT2D eigenvalue weighted by atomic mass is 9.99. The van der Waals surface area contributed by atoms with Crippen LogP contribution in [0.5, 0.6) is 0 Å². The maximum atomic E-state index is 13.5. The van der Waals surface area contributed by atoms with Gasteiger partial charge >= 0.3 is 6.09 Å². The van der Waals surface area contributed by atoms with Crippen molar-refractivity contribution in [2.45, 2.75) is 71.7 Å². The van der Waals surface area contributed by atoms with Crippen LogP contribution >= 0.6 is 0 Å². The number of nitrogens with two attached hydrogens (primary N) is 2. The van der Waals surface area contributed by atoms with Gasteiger partial charge in [0.1, 0.15) is 18.7 Å². The van der Waals surface area contributed by atoms with E-state index in [1.165, 1.54) is 6.08 Å². The van der Waals surface area contributed by atoms with Crippen LogP contribution in [0.25, 0.3) is 6.08 Å². The molecule has 0 bridgehead atoms. The first-order valence-electron chi connectivity index (χ1n) is 15.4. The molecule has 3 unspecified atom stereocenters. The number of carbonyl (C=O) groups excluding carboxylic acids is 4. The van der Waals surface area contributed by atoms with E-state index in [2.05, 4.69) is 31.2 Å². The number of aliphatic imine (C=N–C) groups is 1. The minimum absolute atomic E-state index is 0. The first-order chi connectivity index (χ1) is 21.9. The van der Waals surface area contributed by atoms with Gasteiger partial charge in [-0.05, 0) is 60.4 Å². The molecule has 0 fully saturated rings. The fourth-order valence-electron chi connectivity index (χ4n) is 4.31. The molecule has 1 aromatic heterocycles. The summed E-state index contributed by atoms with van der Waals surface area (Å²) in [4.78, 5) is 60.0. The topological polar surface area (TPSA) is 238 Å². The molecular formula is C33H51N9O5. The maximum absolute atomic E-state index is 13.5. The lowest BCUT2D eigenvalue weighted by Crippen LogP contribution is -2.57. The molecule has 0 saturated carbocycles. The highest BCUT2D eigenvalue weighted by Crippen LogP contribution is 2.10. The van der Waals surface area contributed by atoms with E-state index in [4.69, 9.17) is 16.2 Å². The summed E-state index contributed by atoms with van der Waals surface area (Å²) in [6.07, 6.45) is 6.53. The minimum Gasteiger partial charge on any atom is -0.445 e. The molecule has 14 heteroatoms. The number of pyridine rings is 1. The van der Waals surface area contributed by atoms with Gasteiger partial charge in [-0.3, -0.25) is 24.4 Å². The predicted octanol–water partition coefficient (Wildman–Crippen LogP) is 2.39. The van der Waals surface area contributed by atoms with Gasteiger partial charge in [-0.1, -0.05) is 58.0 Å².